The van der Waals surface area contributed by atoms with Gasteiger partial charge in [0.05, 0.1) is 12.6 Å². The summed E-state index contributed by atoms with van der Waals surface area (Å²) in [5, 5.41) is 0. The van der Waals surface area contributed by atoms with Crippen LogP contribution >= 0.6 is 0 Å². The van der Waals surface area contributed by atoms with Crippen molar-refractivity contribution in [1.29, 1.82) is 0 Å². The molecule has 2 aromatic carbocycles. The molecule has 0 aromatic heterocycles. The van der Waals surface area contributed by atoms with Crippen molar-refractivity contribution in [3.63, 3.8) is 0 Å². The molecule has 102 valence electrons. The van der Waals surface area contributed by atoms with Gasteiger partial charge in [0.25, 0.3) is 0 Å². The Kier molecular flexibility index (Phi) is 2.86. The summed E-state index contributed by atoms with van der Waals surface area (Å²) in [6.45, 7) is 3.10. The van der Waals surface area contributed by atoms with E-state index in [0.717, 1.165) is 13.0 Å². The van der Waals surface area contributed by atoms with Gasteiger partial charge in [-0.25, -0.2) is 0 Å². The molecule has 20 heavy (non-hydrogen) atoms. The summed E-state index contributed by atoms with van der Waals surface area (Å²) in [5.74, 6) is 0. The highest BCUT2D eigenvalue weighted by atomic mass is 16.5. The van der Waals surface area contributed by atoms with Crippen LogP contribution in [0, 0.1) is 0 Å². The summed E-state index contributed by atoms with van der Waals surface area (Å²) in [7, 11) is 0. The topological polar surface area (TPSA) is 12.5 Å². The third-order valence-electron chi connectivity index (χ3n) is 4.67. The van der Waals surface area contributed by atoms with Crippen molar-refractivity contribution in [2.45, 2.75) is 31.7 Å². The molecule has 2 nitrogen and oxygen atoms in total. The molecule has 1 fully saturated rings. The lowest BCUT2D eigenvalue weighted by atomic mass is 9.91. The molecule has 0 amide bonds. The van der Waals surface area contributed by atoms with Crippen molar-refractivity contribution < 1.29 is 4.74 Å². The molecule has 2 aromatic rings. The summed E-state index contributed by atoms with van der Waals surface area (Å²) in [6.07, 6.45) is 1.23. The number of rotatable bonds is 1. The van der Waals surface area contributed by atoms with Gasteiger partial charge in [-0.15, -0.1) is 0 Å². The van der Waals surface area contributed by atoms with Crippen molar-refractivity contribution in [3.8, 4) is 0 Å². The smallest absolute Gasteiger partial charge is 0.115 e. The molecule has 1 saturated heterocycles. The van der Waals surface area contributed by atoms with Gasteiger partial charge >= 0.3 is 0 Å². The normalized spacial score (nSPS) is 28.9. The van der Waals surface area contributed by atoms with Crippen molar-refractivity contribution in [3.05, 3.63) is 71.3 Å². The number of benzene rings is 2. The van der Waals surface area contributed by atoms with Crippen LogP contribution in [0.5, 0.6) is 0 Å². The van der Waals surface area contributed by atoms with E-state index in [1.165, 1.54) is 16.7 Å². The number of ether oxygens (including phenoxy) is 1. The molecule has 0 N–H and O–H groups in total. The van der Waals surface area contributed by atoms with Crippen LogP contribution in [-0.2, 0) is 11.2 Å². The summed E-state index contributed by atoms with van der Waals surface area (Å²) in [6, 6.07) is 20.3. The predicted molar refractivity (Wildman–Crippen MR) is 79.3 cm³/mol. The largest absolute Gasteiger partial charge is 0.361 e. The summed E-state index contributed by atoms with van der Waals surface area (Å²) < 4.78 is 6.08. The maximum Gasteiger partial charge on any atom is 0.115 e. The first-order valence-electron chi connectivity index (χ1n) is 7.36. The van der Waals surface area contributed by atoms with Crippen molar-refractivity contribution in [2.24, 2.45) is 0 Å². The number of hydrogen-bond donors (Lipinski definition) is 0. The molecule has 0 bridgehead atoms. The third kappa shape index (κ3) is 1.80. The molecule has 0 spiro atoms. The maximum atomic E-state index is 6.08. The average molecular weight is 265 g/mol. The van der Waals surface area contributed by atoms with Gasteiger partial charge in [0.15, 0.2) is 0 Å². The van der Waals surface area contributed by atoms with Crippen LogP contribution in [0.3, 0.4) is 0 Å². The third-order valence-corrected chi connectivity index (χ3v) is 4.67. The second-order valence-corrected chi connectivity index (χ2v) is 5.74. The van der Waals surface area contributed by atoms with Gasteiger partial charge in [0, 0.05) is 12.5 Å². The lowest BCUT2D eigenvalue weighted by Gasteiger charge is -2.39. The molecule has 2 heterocycles. The molecule has 0 radical (unpaired) electrons. The van der Waals surface area contributed by atoms with Gasteiger partial charge in [-0.1, -0.05) is 54.6 Å². The fourth-order valence-corrected chi connectivity index (χ4v) is 3.68. The number of nitrogens with zero attached hydrogens (tertiary/aromatic N) is 1. The van der Waals surface area contributed by atoms with Crippen LogP contribution in [-0.4, -0.2) is 17.7 Å². The fourth-order valence-electron chi connectivity index (χ4n) is 3.68. The van der Waals surface area contributed by atoms with Crippen LogP contribution in [0.1, 0.15) is 35.7 Å². The number of fused-ring (bicyclic) bond motifs is 2. The SMILES string of the molecule is C[C@H]1c2ccccc2C[C@H]2OC[C@@H](c3ccccc3)N21. The Morgan fingerprint density at radius 1 is 1.00 bits per heavy atom. The van der Waals surface area contributed by atoms with Gasteiger partial charge in [-0.3, -0.25) is 4.90 Å². The van der Waals surface area contributed by atoms with E-state index in [-0.39, 0.29) is 6.23 Å². The Labute approximate surface area is 120 Å². The standard InChI is InChI=1S/C18H19NO/c1-13-16-10-6-5-9-15(16)11-18-19(13)17(12-20-18)14-7-3-2-4-8-14/h2-10,13,17-18H,11-12H2,1H3/t13-,17-,18+/m0/s1. The van der Waals surface area contributed by atoms with Crippen LogP contribution in [0.4, 0.5) is 0 Å². The molecule has 0 saturated carbocycles. The molecule has 3 atom stereocenters. The predicted octanol–water partition coefficient (Wildman–Crippen LogP) is 3.70. The van der Waals surface area contributed by atoms with E-state index in [1.54, 1.807) is 0 Å². The monoisotopic (exact) mass is 265 g/mol. The Balaban J connectivity index is 1.72. The highest BCUT2D eigenvalue weighted by Crippen LogP contribution is 2.43. The second-order valence-electron chi connectivity index (χ2n) is 5.74. The highest BCUT2D eigenvalue weighted by molar-refractivity contribution is 5.34. The molecule has 2 aliphatic rings. The average Bonchev–Trinajstić information content (AvgIpc) is 2.92. The summed E-state index contributed by atoms with van der Waals surface area (Å²) in [4.78, 5) is 2.54. The lowest BCUT2D eigenvalue weighted by molar-refractivity contribution is 0.000819. The molecular weight excluding hydrogens is 246 g/mol. The fraction of sp³-hybridized carbons (Fsp3) is 0.333. The van der Waals surface area contributed by atoms with E-state index < -0.39 is 0 Å². The second kappa shape index (κ2) is 4.72. The van der Waals surface area contributed by atoms with E-state index in [9.17, 15) is 0 Å². The zero-order valence-corrected chi connectivity index (χ0v) is 11.7. The van der Waals surface area contributed by atoms with E-state index >= 15 is 0 Å². The van der Waals surface area contributed by atoms with Crippen molar-refractivity contribution in [2.75, 3.05) is 6.61 Å². The lowest BCUT2D eigenvalue weighted by Crippen LogP contribution is -2.40. The number of hydrogen-bond acceptors (Lipinski definition) is 2. The zero-order valence-electron chi connectivity index (χ0n) is 11.7. The first-order valence-corrected chi connectivity index (χ1v) is 7.36. The van der Waals surface area contributed by atoms with Gasteiger partial charge in [0.1, 0.15) is 6.23 Å². The van der Waals surface area contributed by atoms with Crippen LogP contribution in [0.25, 0.3) is 0 Å². The first-order chi connectivity index (χ1) is 9.84. The summed E-state index contributed by atoms with van der Waals surface area (Å²) >= 11 is 0. The quantitative estimate of drug-likeness (QED) is 0.779. The molecule has 2 aliphatic heterocycles. The Morgan fingerprint density at radius 2 is 1.75 bits per heavy atom. The molecular formula is C18H19NO. The van der Waals surface area contributed by atoms with Crippen LogP contribution in [0.15, 0.2) is 54.6 Å². The minimum atomic E-state index is 0.227. The molecule has 2 heteroatoms. The van der Waals surface area contributed by atoms with Crippen molar-refractivity contribution >= 4 is 0 Å². The zero-order chi connectivity index (χ0) is 13.5. The van der Waals surface area contributed by atoms with E-state index in [4.69, 9.17) is 4.74 Å². The van der Waals surface area contributed by atoms with E-state index in [0.29, 0.717) is 12.1 Å². The minimum absolute atomic E-state index is 0.227. The van der Waals surface area contributed by atoms with Gasteiger partial charge in [-0.05, 0) is 23.6 Å². The van der Waals surface area contributed by atoms with Crippen LogP contribution in [0.2, 0.25) is 0 Å². The van der Waals surface area contributed by atoms with E-state index in [2.05, 4.69) is 66.4 Å². The molecule has 0 aliphatic carbocycles. The minimum Gasteiger partial charge on any atom is -0.361 e. The summed E-state index contributed by atoms with van der Waals surface area (Å²) in [5.41, 5.74) is 4.26. The van der Waals surface area contributed by atoms with Gasteiger partial charge in [0.2, 0.25) is 0 Å². The highest BCUT2D eigenvalue weighted by Gasteiger charge is 2.42. The first kappa shape index (κ1) is 12.1. The Morgan fingerprint density at radius 3 is 2.60 bits per heavy atom. The van der Waals surface area contributed by atoms with Gasteiger partial charge in [-0.2, -0.15) is 0 Å². The van der Waals surface area contributed by atoms with E-state index in [1.807, 2.05) is 0 Å². The Bertz CT molecular complexity index is 610. The molecule has 0 unspecified atom stereocenters. The maximum absolute atomic E-state index is 6.08. The van der Waals surface area contributed by atoms with Crippen LogP contribution < -0.4 is 0 Å². The van der Waals surface area contributed by atoms with Crippen molar-refractivity contribution in [1.82, 2.24) is 4.90 Å². The molecule has 4 rings (SSSR count). The Hall–Kier alpha value is -1.64. The van der Waals surface area contributed by atoms with Gasteiger partial charge < -0.3 is 4.74 Å².